The van der Waals surface area contributed by atoms with Gasteiger partial charge in [-0.3, -0.25) is 4.79 Å². The number of amides is 1. The second-order valence-corrected chi connectivity index (χ2v) is 6.08. The van der Waals surface area contributed by atoms with E-state index in [1.807, 2.05) is 30.3 Å². The van der Waals surface area contributed by atoms with E-state index in [-0.39, 0.29) is 5.91 Å². The van der Waals surface area contributed by atoms with Crippen molar-refractivity contribution >= 4 is 34.3 Å². The van der Waals surface area contributed by atoms with E-state index >= 15 is 0 Å². The fourth-order valence-electron chi connectivity index (χ4n) is 2.52. The number of nitrogens with one attached hydrogen (secondary N) is 2. The standard InChI is InChI=1S/C16H12N2O2S/c19-15-11-6-5-10(8-13(11)18-16(15)20)21-14-7-9-3-1-2-4-12(9)17-14/h1-8,15,17,19H,(H,18,20). The van der Waals surface area contributed by atoms with Gasteiger partial charge in [0, 0.05) is 27.0 Å². The van der Waals surface area contributed by atoms with Crippen molar-refractivity contribution in [3.05, 3.63) is 54.1 Å². The molecule has 4 nitrogen and oxygen atoms in total. The average Bonchev–Trinajstić information content (AvgIpc) is 3.00. The van der Waals surface area contributed by atoms with E-state index in [2.05, 4.69) is 22.4 Å². The Morgan fingerprint density at radius 2 is 1.95 bits per heavy atom. The van der Waals surface area contributed by atoms with Crippen LogP contribution in [-0.4, -0.2) is 16.0 Å². The van der Waals surface area contributed by atoms with Crippen LogP contribution in [0.3, 0.4) is 0 Å². The van der Waals surface area contributed by atoms with Crippen molar-refractivity contribution < 1.29 is 9.90 Å². The van der Waals surface area contributed by atoms with Gasteiger partial charge < -0.3 is 15.4 Å². The maximum atomic E-state index is 11.4. The molecule has 1 atom stereocenters. The second kappa shape index (κ2) is 4.65. The Morgan fingerprint density at radius 1 is 1.10 bits per heavy atom. The number of hydrogen-bond donors (Lipinski definition) is 3. The van der Waals surface area contributed by atoms with Crippen LogP contribution < -0.4 is 5.32 Å². The van der Waals surface area contributed by atoms with Crippen LogP contribution in [0.1, 0.15) is 11.7 Å². The molecule has 4 rings (SSSR count). The number of H-pyrrole nitrogens is 1. The van der Waals surface area contributed by atoms with Crippen molar-refractivity contribution in [3.8, 4) is 0 Å². The van der Waals surface area contributed by atoms with Gasteiger partial charge >= 0.3 is 0 Å². The quantitative estimate of drug-likeness (QED) is 0.680. The van der Waals surface area contributed by atoms with Crippen molar-refractivity contribution in [1.29, 1.82) is 0 Å². The molecule has 0 saturated heterocycles. The molecule has 3 aromatic rings. The molecule has 2 aromatic carbocycles. The molecule has 1 aliphatic heterocycles. The molecule has 1 unspecified atom stereocenters. The van der Waals surface area contributed by atoms with Gasteiger partial charge in [-0.2, -0.15) is 0 Å². The van der Waals surface area contributed by atoms with Crippen LogP contribution in [0.4, 0.5) is 5.69 Å². The highest BCUT2D eigenvalue weighted by Gasteiger charge is 2.28. The van der Waals surface area contributed by atoms with E-state index < -0.39 is 6.10 Å². The van der Waals surface area contributed by atoms with Gasteiger partial charge in [-0.05, 0) is 24.3 Å². The van der Waals surface area contributed by atoms with Gasteiger partial charge in [0.1, 0.15) is 0 Å². The molecule has 0 radical (unpaired) electrons. The average molecular weight is 296 g/mol. The predicted octanol–water partition coefficient (Wildman–Crippen LogP) is 3.30. The Labute approximate surface area is 125 Å². The summed E-state index contributed by atoms with van der Waals surface area (Å²) < 4.78 is 0. The smallest absolute Gasteiger partial charge is 0.257 e. The van der Waals surface area contributed by atoms with Gasteiger partial charge in [-0.25, -0.2) is 0 Å². The van der Waals surface area contributed by atoms with E-state index in [9.17, 15) is 9.90 Å². The monoisotopic (exact) mass is 296 g/mol. The molecule has 2 heterocycles. The fraction of sp³-hybridized carbons (Fsp3) is 0.0625. The normalized spacial score (nSPS) is 17.0. The van der Waals surface area contributed by atoms with Crippen LogP contribution in [0.15, 0.2) is 58.5 Å². The van der Waals surface area contributed by atoms with Gasteiger partial charge in [-0.1, -0.05) is 36.0 Å². The summed E-state index contributed by atoms with van der Waals surface area (Å²) in [6.45, 7) is 0. The predicted molar refractivity (Wildman–Crippen MR) is 82.5 cm³/mol. The Hall–Kier alpha value is -2.24. The lowest BCUT2D eigenvalue weighted by Gasteiger charge is -2.03. The lowest BCUT2D eigenvalue weighted by Crippen LogP contribution is -2.10. The summed E-state index contributed by atoms with van der Waals surface area (Å²) in [4.78, 5) is 15.8. The maximum Gasteiger partial charge on any atom is 0.257 e. The molecular formula is C16H12N2O2S. The third-order valence-corrected chi connectivity index (χ3v) is 4.49. The zero-order valence-corrected chi connectivity index (χ0v) is 11.8. The number of rotatable bonds is 2. The third-order valence-electron chi connectivity index (χ3n) is 3.56. The van der Waals surface area contributed by atoms with Gasteiger partial charge in [0.2, 0.25) is 0 Å². The van der Waals surface area contributed by atoms with Gasteiger partial charge in [0.15, 0.2) is 6.10 Å². The minimum Gasteiger partial charge on any atom is -0.378 e. The number of aromatic amines is 1. The fourth-order valence-corrected chi connectivity index (χ4v) is 3.43. The van der Waals surface area contributed by atoms with E-state index in [0.717, 1.165) is 15.4 Å². The van der Waals surface area contributed by atoms with Gasteiger partial charge in [0.25, 0.3) is 5.91 Å². The largest absolute Gasteiger partial charge is 0.378 e. The number of para-hydroxylation sites is 1. The highest BCUT2D eigenvalue weighted by atomic mass is 32.2. The van der Waals surface area contributed by atoms with Crippen LogP contribution in [-0.2, 0) is 4.79 Å². The number of aliphatic hydroxyl groups is 1. The summed E-state index contributed by atoms with van der Waals surface area (Å²) in [6, 6.07) is 15.8. The van der Waals surface area contributed by atoms with E-state index in [1.54, 1.807) is 17.8 Å². The Balaban J connectivity index is 1.66. The summed E-state index contributed by atoms with van der Waals surface area (Å²) >= 11 is 1.59. The van der Waals surface area contributed by atoms with Crippen LogP contribution in [0.2, 0.25) is 0 Å². The Morgan fingerprint density at radius 3 is 2.81 bits per heavy atom. The molecule has 0 bridgehead atoms. The SMILES string of the molecule is O=C1Nc2cc(Sc3cc4ccccc4[nH]3)ccc2C1O. The number of carbonyl (C=O) groups excluding carboxylic acids is 1. The molecule has 21 heavy (non-hydrogen) atoms. The molecule has 0 saturated carbocycles. The minimum absolute atomic E-state index is 0.363. The molecule has 3 N–H and O–H groups in total. The molecule has 1 aromatic heterocycles. The van der Waals surface area contributed by atoms with Gasteiger partial charge in [0.05, 0.1) is 5.03 Å². The second-order valence-electron chi connectivity index (χ2n) is 4.96. The number of benzene rings is 2. The van der Waals surface area contributed by atoms with Gasteiger partial charge in [-0.15, -0.1) is 0 Å². The number of aliphatic hydroxyl groups excluding tert-OH is 1. The Kier molecular flexibility index (Phi) is 2.77. The summed E-state index contributed by atoms with van der Waals surface area (Å²) in [5, 5.41) is 14.6. The first-order valence-corrected chi connectivity index (χ1v) is 7.41. The molecule has 104 valence electrons. The molecule has 0 spiro atoms. The molecule has 1 aliphatic rings. The zero-order chi connectivity index (χ0) is 14.4. The van der Waals surface area contributed by atoms with Crippen LogP contribution in [0.5, 0.6) is 0 Å². The van der Waals surface area contributed by atoms with E-state index in [0.29, 0.717) is 11.3 Å². The third kappa shape index (κ3) is 2.11. The van der Waals surface area contributed by atoms with Crippen molar-refractivity contribution in [2.24, 2.45) is 0 Å². The van der Waals surface area contributed by atoms with Crippen molar-refractivity contribution in [1.82, 2.24) is 4.98 Å². The molecule has 1 amide bonds. The lowest BCUT2D eigenvalue weighted by molar-refractivity contribution is -0.123. The number of hydrogen-bond acceptors (Lipinski definition) is 3. The number of anilines is 1. The van der Waals surface area contributed by atoms with Crippen molar-refractivity contribution in [3.63, 3.8) is 0 Å². The molecule has 0 fully saturated rings. The highest BCUT2D eigenvalue weighted by molar-refractivity contribution is 7.99. The first-order chi connectivity index (χ1) is 10.2. The summed E-state index contributed by atoms with van der Waals surface area (Å²) in [5.74, 6) is -0.363. The summed E-state index contributed by atoms with van der Waals surface area (Å²) in [7, 11) is 0. The first-order valence-electron chi connectivity index (χ1n) is 6.59. The maximum absolute atomic E-state index is 11.4. The molecular weight excluding hydrogens is 284 g/mol. The Bertz CT molecular complexity index is 823. The number of carbonyl (C=O) groups is 1. The zero-order valence-electron chi connectivity index (χ0n) is 11.0. The number of aromatic nitrogens is 1. The van der Waals surface area contributed by atoms with Crippen molar-refractivity contribution in [2.75, 3.05) is 5.32 Å². The van der Waals surface area contributed by atoms with Crippen LogP contribution in [0.25, 0.3) is 10.9 Å². The molecule has 5 heteroatoms. The van der Waals surface area contributed by atoms with Crippen LogP contribution in [0, 0.1) is 0 Å². The first kappa shape index (κ1) is 12.5. The van der Waals surface area contributed by atoms with E-state index in [1.165, 1.54) is 5.39 Å². The summed E-state index contributed by atoms with van der Waals surface area (Å²) in [6.07, 6.45) is -1.05. The lowest BCUT2D eigenvalue weighted by atomic mass is 10.1. The highest BCUT2D eigenvalue weighted by Crippen LogP contribution is 2.36. The van der Waals surface area contributed by atoms with E-state index in [4.69, 9.17) is 0 Å². The minimum atomic E-state index is -1.05. The topological polar surface area (TPSA) is 65.1 Å². The molecule has 0 aliphatic carbocycles. The number of fused-ring (bicyclic) bond motifs is 2. The van der Waals surface area contributed by atoms with Crippen molar-refractivity contribution in [2.45, 2.75) is 16.0 Å². The summed E-state index contributed by atoms with van der Waals surface area (Å²) in [5.41, 5.74) is 2.43. The van der Waals surface area contributed by atoms with Crippen LogP contribution >= 0.6 is 11.8 Å².